The summed E-state index contributed by atoms with van der Waals surface area (Å²) in [5, 5.41) is 8.59. The number of aromatic nitrogens is 2. The number of urea groups is 1. The van der Waals surface area contributed by atoms with E-state index in [1.165, 1.54) is 21.1 Å². The third-order valence-corrected chi connectivity index (χ3v) is 14.2. The standard InChI is InChI=1S/C41H53N7O8S2/c1-23(2)31-22-57-37(43-31)30-19-34(28-16-17-33(55-6)24(3)35(28)42-30)56-26-18-32-36(49)45-41(39(51)46-58(53,54)27-14-15-27)20-25(41)12-10-8-7-9-11-13-29(38(50)48(32)21-26)44-40(52)47(4)5/h10,12,16-17,19,22-23,25-27,29,32H,7-9,11,13-15,18,20-21H2,1-6H3,(H,44,52)(H,45,49)(H,46,51)/t25-,26-,29+,32+,41-/m1/s1. The van der Waals surface area contributed by atoms with Crippen LogP contribution in [0, 0.1) is 12.8 Å². The van der Waals surface area contributed by atoms with Gasteiger partial charge < -0.3 is 29.9 Å². The third-order valence-electron chi connectivity index (χ3n) is 11.5. The fourth-order valence-electron chi connectivity index (χ4n) is 7.78. The lowest BCUT2D eigenvalue weighted by Crippen LogP contribution is -2.58. The molecule has 0 bridgehead atoms. The first-order valence-electron chi connectivity index (χ1n) is 20.1. The van der Waals surface area contributed by atoms with Gasteiger partial charge in [-0.05, 0) is 63.5 Å². The molecule has 0 unspecified atom stereocenters. The van der Waals surface area contributed by atoms with E-state index in [0.29, 0.717) is 65.2 Å². The molecule has 2 aliphatic carbocycles. The van der Waals surface area contributed by atoms with E-state index in [0.717, 1.165) is 24.1 Å². The lowest BCUT2D eigenvalue weighted by atomic mass is 10.0. The van der Waals surface area contributed by atoms with Gasteiger partial charge in [0.25, 0.3) is 5.91 Å². The fraction of sp³-hybridized carbons (Fsp3) is 0.561. The van der Waals surface area contributed by atoms with Gasteiger partial charge in [0.1, 0.15) is 45.9 Å². The van der Waals surface area contributed by atoms with Gasteiger partial charge in [-0.3, -0.25) is 19.1 Å². The Morgan fingerprint density at radius 1 is 1.09 bits per heavy atom. The van der Waals surface area contributed by atoms with Crippen LogP contribution in [0.3, 0.4) is 0 Å². The Labute approximate surface area is 343 Å². The highest BCUT2D eigenvalue weighted by Crippen LogP contribution is 2.46. The second-order valence-electron chi connectivity index (χ2n) is 16.4. The number of amides is 5. The number of allylic oxidation sites excluding steroid dienone is 1. The summed E-state index contributed by atoms with van der Waals surface area (Å²) in [6.07, 6.45) is 7.69. The summed E-state index contributed by atoms with van der Waals surface area (Å²) < 4.78 is 40.5. The molecule has 1 aromatic carbocycles. The predicted molar refractivity (Wildman–Crippen MR) is 220 cm³/mol. The maximum absolute atomic E-state index is 14.6. The van der Waals surface area contributed by atoms with Crippen molar-refractivity contribution in [1.82, 2.24) is 35.1 Å². The quantitative estimate of drug-likeness (QED) is 0.253. The highest BCUT2D eigenvalue weighted by atomic mass is 32.2. The van der Waals surface area contributed by atoms with Gasteiger partial charge in [-0.25, -0.2) is 23.2 Å². The molecule has 3 fully saturated rings. The van der Waals surface area contributed by atoms with Gasteiger partial charge in [0, 0.05) is 48.8 Å². The van der Waals surface area contributed by atoms with Crippen molar-refractivity contribution in [1.29, 1.82) is 0 Å². The first kappa shape index (κ1) is 41.4. The number of thiazole rings is 1. The largest absolute Gasteiger partial charge is 0.496 e. The van der Waals surface area contributed by atoms with E-state index < -0.39 is 68.7 Å². The lowest BCUT2D eigenvalue weighted by molar-refractivity contribution is -0.141. The number of nitrogens with zero attached hydrogens (tertiary/aromatic N) is 4. The lowest BCUT2D eigenvalue weighted by Gasteiger charge is -2.30. The number of methoxy groups -OCH3 is 1. The van der Waals surface area contributed by atoms with Gasteiger partial charge in [-0.1, -0.05) is 38.8 Å². The third kappa shape index (κ3) is 8.51. The molecule has 7 rings (SSSR count). The number of hydrogen-bond acceptors (Lipinski definition) is 11. The number of pyridine rings is 1. The number of hydrogen-bond donors (Lipinski definition) is 3. The molecule has 15 nitrogen and oxygen atoms in total. The predicted octanol–water partition coefficient (Wildman–Crippen LogP) is 4.79. The van der Waals surface area contributed by atoms with Crippen molar-refractivity contribution >= 4 is 56.0 Å². The van der Waals surface area contributed by atoms with Gasteiger partial charge in [-0.2, -0.15) is 0 Å². The zero-order chi connectivity index (χ0) is 41.5. The molecule has 2 aliphatic heterocycles. The maximum Gasteiger partial charge on any atom is 0.317 e. The Bertz CT molecular complexity index is 2240. The molecule has 0 radical (unpaired) electrons. The van der Waals surface area contributed by atoms with Crippen molar-refractivity contribution < 1.29 is 37.1 Å². The summed E-state index contributed by atoms with van der Waals surface area (Å²) in [5.41, 5.74) is 1.50. The van der Waals surface area contributed by atoms with Crippen LogP contribution in [-0.2, 0) is 24.4 Å². The normalized spacial score (nSPS) is 25.3. The van der Waals surface area contributed by atoms with Crippen LogP contribution in [0.25, 0.3) is 21.6 Å². The topological polar surface area (TPSA) is 189 Å². The van der Waals surface area contributed by atoms with Crippen LogP contribution >= 0.6 is 11.3 Å². The summed E-state index contributed by atoms with van der Waals surface area (Å²) in [5.74, 6) is -0.898. The molecule has 17 heteroatoms. The van der Waals surface area contributed by atoms with Crippen LogP contribution in [-0.4, -0.2) is 109 Å². The minimum Gasteiger partial charge on any atom is -0.496 e. The number of nitrogens with one attached hydrogen (secondary N) is 3. The van der Waals surface area contributed by atoms with Crippen molar-refractivity contribution in [2.75, 3.05) is 27.7 Å². The second kappa shape index (κ2) is 16.5. The highest BCUT2D eigenvalue weighted by Gasteiger charge is 2.62. The summed E-state index contributed by atoms with van der Waals surface area (Å²) >= 11 is 1.48. The van der Waals surface area contributed by atoms with Crippen molar-refractivity contribution in [2.45, 2.75) is 113 Å². The molecule has 4 aliphatic rings. The van der Waals surface area contributed by atoms with Crippen molar-refractivity contribution in [3.8, 4) is 22.2 Å². The number of benzene rings is 1. The minimum absolute atomic E-state index is 0.00682. The van der Waals surface area contributed by atoms with Gasteiger partial charge >= 0.3 is 6.03 Å². The number of carbonyl (C=O) groups excluding carboxylic acids is 4. The van der Waals surface area contributed by atoms with Crippen molar-refractivity contribution in [2.24, 2.45) is 5.92 Å². The molecule has 312 valence electrons. The van der Waals surface area contributed by atoms with Gasteiger partial charge in [0.05, 0.1) is 30.1 Å². The molecule has 58 heavy (non-hydrogen) atoms. The molecule has 0 spiro atoms. The number of ether oxygens (including phenoxy) is 2. The van der Waals surface area contributed by atoms with Crippen LogP contribution in [0.1, 0.15) is 88.8 Å². The zero-order valence-electron chi connectivity index (χ0n) is 33.9. The molecule has 5 atom stereocenters. The SMILES string of the molecule is COc1ccc2c(O[C@@H]3C[C@H]4C(=O)N[C@]5(C(=O)NS(=O)(=O)C6CC6)C[C@H]5C=CCCCCC[C@H](NC(=O)N(C)C)C(=O)N4C3)cc(-c3nc(C(C)C)cs3)nc2c1C. The van der Waals surface area contributed by atoms with Crippen LogP contribution < -0.4 is 24.8 Å². The van der Waals surface area contributed by atoms with Crippen molar-refractivity contribution in [3.63, 3.8) is 0 Å². The summed E-state index contributed by atoms with van der Waals surface area (Å²) in [4.78, 5) is 68.6. The minimum atomic E-state index is -3.90. The van der Waals surface area contributed by atoms with E-state index in [2.05, 4.69) is 29.2 Å². The molecule has 3 N–H and O–H groups in total. The molecule has 2 aromatic heterocycles. The average Bonchev–Trinajstić information content (AvgIpc) is 4.06. The average molecular weight is 836 g/mol. The van der Waals surface area contributed by atoms with Crippen LogP contribution in [0.15, 0.2) is 35.7 Å². The second-order valence-corrected chi connectivity index (χ2v) is 19.2. The van der Waals surface area contributed by atoms with Crippen molar-refractivity contribution in [3.05, 3.63) is 47.0 Å². The Balaban J connectivity index is 1.25. The fourth-order valence-corrected chi connectivity index (χ4v) is 10.1. The Hall–Kier alpha value is -4.77. The van der Waals surface area contributed by atoms with E-state index in [1.54, 1.807) is 21.2 Å². The first-order chi connectivity index (χ1) is 27.6. The Morgan fingerprint density at radius 3 is 2.55 bits per heavy atom. The molecule has 2 saturated carbocycles. The molecular formula is C41H53N7O8S2. The number of sulfonamides is 1. The number of rotatable bonds is 9. The molecular weight excluding hydrogens is 783 g/mol. The molecule has 5 amide bonds. The number of aryl methyl sites for hydroxylation is 1. The zero-order valence-corrected chi connectivity index (χ0v) is 35.5. The molecule has 3 aromatic rings. The Kier molecular flexibility index (Phi) is 11.8. The van der Waals surface area contributed by atoms with Gasteiger partial charge in [0.2, 0.25) is 21.8 Å². The first-order valence-corrected chi connectivity index (χ1v) is 22.5. The van der Waals surface area contributed by atoms with E-state index in [1.807, 2.05) is 42.7 Å². The molecule has 4 heterocycles. The Morgan fingerprint density at radius 2 is 1.86 bits per heavy atom. The van der Waals surface area contributed by atoms with Crippen LogP contribution in [0.4, 0.5) is 4.79 Å². The number of fused-ring (bicyclic) bond motifs is 3. The van der Waals surface area contributed by atoms with Crippen LogP contribution in [0.2, 0.25) is 0 Å². The summed E-state index contributed by atoms with van der Waals surface area (Å²) in [6, 6.07) is 3.07. The monoisotopic (exact) mass is 835 g/mol. The van der Waals surface area contributed by atoms with E-state index in [9.17, 15) is 27.6 Å². The van der Waals surface area contributed by atoms with E-state index in [-0.39, 0.29) is 25.3 Å². The summed E-state index contributed by atoms with van der Waals surface area (Å²) in [6.45, 7) is 6.08. The molecule has 1 saturated heterocycles. The van der Waals surface area contributed by atoms with E-state index >= 15 is 0 Å². The van der Waals surface area contributed by atoms with E-state index in [4.69, 9.17) is 19.4 Å². The smallest absolute Gasteiger partial charge is 0.317 e. The van der Waals surface area contributed by atoms with Gasteiger partial charge in [-0.15, -0.1) is 11.3 Å². The maximum atomic E-state index is 14.6. The van der Waals surface area contributed by atoms with Crippen LogP contribution in [0.5, 0.6) is 11.5 Å². The van der Waals surface area contributed by atoms with Gasteiger partial charge in [0.15, 0.2) is 0 Å². The number of carbonyl (C=O) groups is 4. The highest BCUT2D eigenvalue weighted by molar-refractivity contribution is 7.91. The summed E-state index contributed by atoms with van der Waals surface area (Å²) in [7, 11) is 0.883.